The molecule has 1 aliphatic heterocycles. The number of rotatable bonds is 6. The lowest BCUT2D eigenvalue weighted by Crippen LogP contribution is -2.44. The van der Waals surface area contributed by atoms with Gasteiger partial charge in [-0.1, -0.05) is 6.92 Å². The highest BCUT2D eigenvalue weighted by atomic mass is 16.5. The molecule has 0 radical (unpaired) electrons. The Morgan fingerprint density at radius 2 is 2.00 bits per heavy atom. The Labute approximate surface area is 113 Å². The molecule has 3 atom stereocenters. The molecule has 3 heteroatoms. The number of nitrogens with zero attached hydrogens (tertiary/aromatic N) is 1. The third-order valence-electron chi connectivity index (χ3n) is 4.07. The zero-order chi connectivity index (χ0) is 13.8. The summed E-state index contributed by atoms with van der Waals surface area (Å²) in [5.41, 5.74) is 0.220. The fourth-order valence-corrected chi connectivity index (χ4v) is 2.60. The Morgan fingerprint density at radius 3 is 2.56 bits per heavy atom. The molecule has 0 aliphatic carbocycles. The summed E-state index contributed by atoms with van der Waals surface area (Å²) < 4.78 is 5.27. The quantitative estimate of drug-likeness (QED) is 0.789. The van der Waals surface area contributed by atoms with Crippen molar-refractivity contribution in [2.75, 3.05) is 33.4 Å². The maximum absolute atomic E-state index is 5.27. The number of methoxy groups -OCH3 is 1. The summed E-state index contributed by atoms with van der Waals surface area (Å²) in [7, 11) is 1.81. The van der Waals surface area contributed by atoms with E-state index in [0.717, 1.165) is 19.1 Å². The van der Waals surface area contributed by atoms with Gasteiger partial charge >= 0.3 is 0 Å². The Bertz CT molecular complexity index is 237. The third-order valence-corrected chi connectivity index (χ3v) is 4.07. The normalized spacial score (nSPS) is 25.3. The zero-order valence-electron chi connectivity index (χ0n) is 13.1. The van der Waals surface area contributed by atoms with Crippen molar-refractivity contribution in [2.24, 2.45) is 11.8 Å². The van der Waals surface area contributed by atoms with Gasteiger partial charge in [0, 0.05) is 25.2 Å². The van der Waals surface area contributed by atoms with E-state index in [2.05, 4.69) is 44.8 Å². The van der Waals surface area contributed by atoms with Gasteiger partial charge in [-0.15, -0.1) is 0 Å². The van der Waals surface area contributed by atoms with Gasteiger partial charge < -0.3 is 10.1 Å². The highest BCUT2D eigenvalue weighted by Crippen LogP contribution is 2.22. The summed E-state index contributed by atoms with van der Waals surface area (Å²) in [4.78, 5) is 2.62. The summed E-state index contributed by atoms with van der Waals surface area (Å²) in [5.74, 6) is 1.42. The first-order valence-electron chi connectivity index (χ1n) is 7.31. The van der Waals surface area contributed by atoms with Gasteiger partial charge in [0.1, 0.15) is 0 Å². The van der Waals surface area contributed by atoms with Crippen molar-refractivity contribution in [3.8, 4) is 0 Å². The Kier molecular flexibility index (Phi) is 6.09. The van der Waals surface area contributed by atoms with E-state index in [4.69, 9.17) is 4.74 Å². The molecule has 1 aliphatic rings. The summed E-state index contributed by atoms with van der Waals surface area (Å²) >= 11 is 0. The van der Waals surface area contributed by atoms with Crippen LogP contribution in [0.15, 0.2) is 0 Å². The molecule has 0 aromatic heterocycles. The summed E-state index contributed by atoms with van der Waals surface area (Å²) in [6, 6.07) is 0.654. The molecule has 18 heavy (non-hydrogen) atoms. The second-order valence-corrected chi connectivity index (χ2v) is 6.95. The second-order valence-electron chi connectivity index (χ2n) is 6.95. The van der Waals surface area contributed by atoms with Gasteiger partial charge in [0.25, 0.3) is 0 Å². The van der Waals surface area contributed by atoms with Gasteiger partial charge in [0.05, 0.1) is 6.61 Å². The van der Waals surface area contributed by atoms with Crippen LogP contribution in [-0.2, 0) is 4.74 Å². The molecule has 3 nitrogen and oxygen atoms in total. The van der Waals surface area contributed by atoms with Crippen LogP contribution in [0, 0.1) is 11.8 Å². The minimum absolute atomic E-state index is 0.220. The van der Waals surface area contributed by atoms with Gasteiger partial charge in [-0.2, -0.15) is 0 Å². The van der Waals surface area contributed by atoms with Crippen LogP contribution >= 0.6 is 0 Å². The molecule has 1 rings (SSSR count). The van der Waals surface area contributed by atoms with E-state index < -0.39 is 0 Å². The minimum atomic E-state index is 0.220. The van der Waals surface area contributed by atoms with Crippen molar-refractivity contribution in [3.05, 3.63) is 0 Å². The Balaban J connectivity index is 2.33. The van der Waals surface area contributed by atoms with E-state index in [0.29, 0.717) is 12.0 Å². The molecule has 0 amide bonds. The number of nitrogens with one attached hydrogen (secondary N) is 1. The lowest BCUT2D eigenvalue weighted by Gasteiger charge is -2.32. The highest BCUT2D eigenvalue weighted by Gasteiger charge is 2.28. The van der Waals surface area contributed by atoms with E-state index >= 15 is 0 Å². The molecule has 1 fully saturated rings. The average Bonchev–Trinajstić information content (AvgIpc) is 2.73. The van der Waals surface area contributed by atoms with Crippen LogP contribution in [0.3, 0.4) is 0 Å². The van der Waals surface area contributed by atoms with Gasteiger partial charge in [-0.25, -0.2) is 0 Å². The summed E-state index contributed by atoms with van der Waals surface area (Å²) in [5, 5.41) is 3.61. The molecule has 1 heterocycles. The largest absolute Gasteiger partial charge is 0.384 e. The topological polar surface area (TPSA) is 24.5 Å². The first-order valence-corrected chi connectivity index (χ1v) is 7.31. The van der Waals surface area contributed by atoms with E-state index in [1.807, 2.05) is 7.11 Å². The van der Waals surface area contributed by atoms with Crippen LogP contribution in [0.5, 0.6) is 0 Å². The van der Waals surface area contributed by atoms with Crippen LogP contribution in [0.25, 0.3) is 0 Å². The Morgan fingerprint density at radius 1 is 1.33 bits per heavy atom. The smallest absolute Gasteiger partial charge is 0.0503 e. The first-order chi connectivity index (χ1) is 8.33. The van der Waals surface area contributed by atoms with Crippen LogP contribution in [0.1, 0.15) is 41.0 Å². The van der Waals surface area contributed by atoms with Crippen LogP contribution < -0.4 is 5.32 Å². The van der Waals surface area contributed by atoms with Crippen LogP contribution in [-0.4, -0.2) is 49.8 Å². The van der Waals surface area contributed by atoms with Crippen molar-refractivity contribution in [2.45, 2.75) is 52.6 Å². The molecule has 108 valence electrons. The van der Waals surface area contributed by atoms with Crippen LogP contribution in [0.4, 0.5) is 0 Å². The first kappa shape index (κ1) is 15.9. The van der Waals surface area contributed by atoms with E-state index in [1.165, 1.54) is 19.5 Å². The van der Waals surface area contributed by atoms with Crippen molar-refractivity contribution >= 4 is 0 Å². The van der Waals surface area contributed by atoms with Gasteiger partial charge in [-0.05, 0) is 59.0 Å². The maximum Gasteiger partial charge on any atom is 0.0503 e. The van der Waals surface area contributed by atoms with Crippen molar-refractivity contribution in [3.63, 3.8) is 0 Å². The van der Waals surface area contributed by atoms with Crippen LogP contribution in [0.2, 0.25) is 0 Å². The zero-order valence-corrected chi connectivity index (χ0v) is 13.1. The van der Waals surface area contributed by atoms with E-state index in [1.54, 1.807) is 0 Å². The molecule has 0 bridgehead atoms. The summed E-state index contributed by atoms with van der Waals surface area (Å²) in [6.07, 6.45) is 1.29. The molecular weight excluding hydrogens is 224 g/mol. The van der Waals surface area contributed by atoms with E-state index in [-0.39, 0.29) is 5.54 Å². The maximum atomic E-state index is 5.27. The molecule has 0 saturated carbocycles. The number of likely N-dealkylation sites (tertiary alicyclic amines) is 1. The lowest BCUT2D eigenvalue weighted by molar-refractivity contribution is 0.138. The molecule has 0 aromatic rings. The predicted octanol–water partition coefficient (Wildman–Crippen LogP) is 2.37. The number of hydrogen-bond acceptors (Lipinski definition) is 3. The van der Waals surface area contributed by atoms with Crippen molar-refractivity contribution < 1.29 is 4.74 Å². The molecule has 0 spiro atoms. The highest BCUT2D eigenvalue weighted by molar-refractivity contribution is 4.83. The Hall–Kier alpha value is -0.120. The van der Waals surface area contributed by atoms with Crippen molar-refractivity contribution in [1.82, 2.24) is 10.2 Å². The molecular formula is C15H32N2O. The molecule has 1 saturated heterocycles. The van der Waals surface area contributed by atoms with Gasteiger partial charge in [0.15, 0.2) is 0 Å². The van der Waals surface area contributed by atoms with Gasteiger partial charge in [0.2, 0.25) is 0 Å². The van der Waals surface area contributed by atoms with Gasteiger partial charge in [-0.3, -0.25) is 4.90 Å². The molecule has 3 unspecified atom stereocenters. The van der Waals surface area contributed by atoms with Crippen molar-refractivity contribution in [1.29, 1.82) is 0 Å². The van der Waals surface area contributed by atoms with E-state index in [9.17, 15) is 0 Å². The number of ether oxygens (including phenoxy) is 1. The third kappa shape index (κ3) is 5.25. The fourth-order valence-electron chi connectivity index (χ4n) is 2.60. The number of hydrogen-bond donors (Lipinski definition) is 1. The lowest BCUT2D eigenvalue weighted by atomic mass is 10.00. The molecule has 0 aromatic carbocycles. The SMILES string of the molecule is COCC1CCN(C(C)C(C)CNC(C)(C)C)C1. The summed E-state index contributed by atoms with van der Waals surface area (Å²) in [6.45, 7) is 15.9. The molecule has 1 N–H and O–H groups in total. The average molecular weight is 256 g/mol. The fraction of sp³-hybridized carbons (Fsp3) is 1.00. The predicted molar refractivity (Wildman–Crippen MR) is 77.9 cm³/mol. The monoisotopic (exact) mass is 256 g/mol. The minimum Gasteiger partial charge on any atom is -0.384 e. The second kappa shape index (κ2) is 6.88. The standard InChI is InChI=1S/C15H32N2O/c1-12(9-16-15(3,4)5)13(2)17-8-7-14(10-17)11-18-6/h12-14,16H,7-11H2,1-6H3.